The summed E-state index contributed by atoms with van der Waals surface area (Å²) in [4.78, 5) is 37.2. The number of hydrogen-bond donors (Lipinski definition) is 4. The normalized spacial score (nSPS) is 13.5. The van der Waals surface area contributed by atoms with Crippen LogP contribution in [0.3, 0.4) is 0 Å². The highest BCUT2D eigenvalue weighted by molar-refractivity contribution is 6.34. The van der Waals surface area contributed by atoms with Crippen molar-refractivity contribution in [3.05, 3.63) is 112 Å². The van der Waals surface area contributed by atoms with Gasteiger partial charge in [0, 0.05) is 36.2 Å². The molecule has 5 rings (SSSR count). The van der Waals surface area contributed by atoms with Gasteiger partial charge >= 0.3 is 0 Å². The van der Waals surface area contributed by atoms with Crippen molar-refractivity contribution in [1.82, 2.24) is 20.3 Å². The Labute approximate surface area is 229 Å². The lowest BCUT2D eigenvalue weighted by Gasteiger charge is -2.10. The fourth-order valence-electron chi connectivity index (χ4n) is 4.25. The first-order chi connectivity index (χ1) is 19.3. The fraction of sp³-hybridized carbons (Fsp3) is 0.133. The van der Waals surface area contributed by atoms with Crippen LogP contribution in [0.1, 0.15) is 44.3 Å². The summed E-state index contributed by atoms with van der Waals surface area (Å²) < 4.78 is 26.6. The molecule has 2 amide bonds. The van der Waals surface area contributed by atoms with Crippen LogP contribution >= 0.6 is 0 Å². The van der Waals surface area contributed by atoms with Crippen molar-refractivity contribution in [2.75, 3.05) is 17.2 Å². The number of carbonyl (C=O) groups excluding carboxylic acids is 2. The highest BCUT2D eigenvalue weighted by atomic mass is 19.2. The van der Waals surface area contributed by atoms with Crippen molar-refractivity contribution in [3.8, 4) is 0 Å². The minimum absolute atomic E-state index is 0.0385. The van der Waals surface area contributed by atoms with Crippen molar-refractivity contribution in [2.24, 2.45) is 0 Å². The average molecular weight is 541 g/mol. The highest BCUT2D eigenvalue weighted by Gasteiger charge is 2.24. The molecule has 0 saturated heterocycles. The molecule has 0 spiro atoms. The number of nitrogens with zero attached hydrogens (tertiary/aromatic N) is 2. The number of carbonyl (C=O) groups is 2. The molecule has 8 nitrogen and oxygen atoms in total. The molecule has 202 valence electrons. The smallest absolute Gasteiger partial charge is 0.256 e. The Balaban J connectivity index is 1.21. The number of aromatic nitrogens is 3. The van der Waals surface area contributed by atoms with E-state index in [0.717, 1.165) is 40.3 Å². The van der Waals surface area contributed by atoms with Gasteiger partial charge in [-0.15, -0.1) is 0 Å². The Morgan fingerprint density at radius 1 is 1.07 bits per heavy atom. The molecule has 0 saturated carbocycles. The minimum atomic E-state index is -0.969. The van der Waals surface area contributed by atoms with Gasteiger partial charge in [0.25, 0.3) is 11.8 Å². The number of imidazole rings is 1. The number of nitrogens with one attached hydrogen (secondary N) is 4. The van der Waals surface area contributed by atoms with Crippen LogP contribution < -0.4 is 16.0 Å². The number of H-pyrrole nitrogens is 1. The van der Waals surface area contributed by atoms with E-state index in [1.807, 2.05) is 44.2 Å². The number of aryl methyl sites for hydroxylation is 2. The van der Waals surface area contributed by atoms with Crippen molar-refractivity contribution < 1.29 is 18.4 Å². The van der Waals surface area contributed by atoms with E-state index in [4.69, 9.17) is 0 Å². The molecule has 1 aliphatic rings. The van der Waals surface area contributed by atoms with Gasteiger partial charge in [-0.05, 0) is 61.4 Å². The van der Waals surface area contributed by atoms with Crippen molar-refractivity contribution in [3.63, 3.8) is 0 Å². The Morgan fingerprint density at radius 2 is 1.93 bits per heavy atom. The first-order valence-corrected chi connectivity index (χ1v) is 12.6. The van der Waals surface area contributed by atoms with Crippen LogP contribution in [0.5, 0.6) is 0 Å². The SMILES string of the molecule is Cc1nc(/C=C2\C(=O)Nc3cc(/C=C/CNc4ncccc4C(=O)NCc4ccc(F)c(F)c4)ccc32)[nH]c1C. The summed E-state index contributed by atoms with van der Waals surface area (Å²) >= 11 is 0. The molecule has 0 unspecified atom stereocenters. The van der Waals surface area contributed by atoms with Crippen LogP contribution in [-0.4, -0.2) is 33.3 Å². The maximum absolute atomic E-state index is 13.4. The zero-order chi connectivity index (χ0) is 28.2. The second kappa shape index (κ2) is 11.3. The monoisotopic (exact) mass is 540 g/mol. The number of rotatable bonds is 8. The zero-order valence-corrected chi connectivity index (χ0v) is 21.8. The van der Waals surface area contributed by atoms with E-state index in [-0.39, 0.29) is 12.5 Å². The fourth-order valence-corrected chi connectivity index (χ4v) is 4.25. The summed E-state index contributed by atoms with van der Waals surface area (Å²) in [6, 6.07) is 12.4. The van der Waals surface area contributed by atoms with Crippen LogP contribution in [0.25, 0.3) is 17.7 Å². The Morgan fingerprint density at radius 3 is 2.70 bits per heavy atom. The number of pyridine rings is 1. The first kappa shape index (κ1) is 26.5. The summed E-state index contributed by atoms with van der Waals surface area (Å²) in [6.45, 7) is 4.26. The number of amides is 2. The van der Waals surface area contributed by atoms with E-state index in [0.29, 0.717) is 34.9 Å². The lowest BCUT2D eigenvalue weighted by molar-refractivity contribution is -0.110. The molecule has 0 fully saturated rings. The van der Waals surface area contributed by atoms with Crippen molar-refractivity contribution in [2.45, 2.75) is 20.4 Å². The van der Waals surface area contributed by atoms with E-state index >= 15 is 0 Å². The van der Waals surface area contributed by atoms with E-state index in [1.54, 1.807) is 24.4 Å². The topological polar surface area (TPSA) is 112 Å². The van der Waals surface area contributed by atoms with Gasteiger partial charge in [0.1, 0.15) is 11.6 Å². The molecule has 2 aromatic carbocycles. The van der Waals surface area contributed by atoms with Crippen molar-refractivity contribution >= 4 is 41.0 Å². The van der Waals surface area contributed by atoms with Gasteiger partial charge in [-0.1, -0.05) is 30.4 Å². The van der Waals surface area contributed by atoms with E-state index in [9.17, 15) is 18.4 Å². The third-order valence-corrected chi connectivity index (χ3v) is 6.44. The van der Waals surface area contributed by atoms with Gasteiger partial charge in [-0.2, -0.15) is 0 Å². The van der Waals surface area contributed by atoms with Gasteiger partial charge < -0.3 is 20.9 Å². The maximum atomic E-state index is 13.4. The predicted molar refractivity (Wildman–Crippen MR) is 150 cm³/mol. The van der Waals surface area contributed by atoms with Crippen LogP contribution in [0, 0.1) is 25.5 Å². The summed E-state index contributed by atoms with van der Waals surface area (Å²) in [5, 5.41) is 8.72. The summed E-state index contributed by atoms with van der Waals surface area (Å²) in [7, 11) is 0. The van der Waals surface area contributed by atoms with Crippen LogP contribution in [0.4, 0.5) is 20.3 Å². The molecule has 0 aliphatic carbocycles. The van der Waals surface area contributed by atoms with Gasteiger partial charge in [0.05, 0.1) is 16.8 Å². The summed E-state index contributed by atoms with van der Waals surface area (Å²) in [5.41, 5.74) is 5.56. The van der Waals surface area contributed by atoms with Gasteiger partial charge in [0.15, 0.2) is 11.6 Å². The lowest BCUT2D eigenvalue weighted by Crippen LogP contribution is -2.24. The third-order valence-electron chi connectivity index (χ3n) is 6.44. The minimum Gasteiger partial charge on any atom is -0.366 e. The van der Waals surface area contributed by atoms with Gasteiger partial charge in [0.2, 0.25) is 0 Å². The largest absolute Gasteiger partial charge is 0.366 e. The quantitative estimate of drug-likeness (QED) is 0.228. The van der Waals surface area contributed by atoms with Crippen molar-refractivity contribution in [1.29, 1.82) is 0 Å². The molecule has 1 aliphatic heterocycles. The average Bonchev–Trinajstić information content (AvgIpc) is 3.43. The highest BCUT2D eigenvalue weighted by Crippen LogP contribution is 2.34. The molecule has 0 radical (unpaired) electrons. The third kappa shape index (κ3) is 5.80. The van der Waals surface area contributed by atoms with E-state index in [2.05, 4.69) is 30.9 Å². The standard InChI is InChI=1S/C30H26F2N6O2/c1-17-18(2)37-27(36-17)15-23-21-9-7-19(14-26(21)38-30(23)40)5-3-11-33-28-22(6-4-12-34-28)29(39)35-16-20-8-10-24(31)25(32)13-20/h3-10,12-15H,11,16H2,1-2H3,(H,33,34)(H,35,39)(H,36,37)(H,38,40)/b5-3+,23-15-. The number of fused-ring (bicyclic) bond motifs is 1. The Bertz CT molecular complexity index is 1660. The van der Waals surface area contributed by atoms with Crippen LogP contribution in [0.15, 0.2) is 60.8 Å². The Kier molecular flexibility index (Phi) is 7.50. The molecule has 3 heterocycles. The molecular weight excluding hydrogens is 514 g/mol. The lowest BCUT2D eigenvalue weighted by atomic mass is 10.0. The molecule has 4 aromatic rings. The molecule has 0 atom stereocenters. The maximum Gasteiger partial charge on any atom is 0.256 e. The molecule has 4 N–H and O–H groups in total. The predicted octanol–water partition coefficient (Wildman–Crippen LogP) is 5.25. The van der Waals surface area contributed by atoms with E-state index < -0.39 is 17.5 Å². The van der Waals surface area contributed by atoms with Gasteiger partial charge in [-0.3, -0.25) is 9.59 Å². The van der Waals surface area contributed by atoms with Crippen LogP contribution in [-0.2, 0) is 11.3 Å². The van der Waals surface area contributed by atoms with Crippen LogP contribution in [0.2, 0.25) is 0 Å². The summed E-state index contributed by atoms with van der Waals surface area (Å²) in [6.07, 6.45) is 7.09. The Hall–Kier alpha value is -5.12. The molecular formula is C30H26F2N6O2. The number of anilines is 2. The van der Waals surface area contributed by atoms with E-state index in [1.165, 1.54) is 6.07 Å². The number of benzene rings is 2. The second-order valence-corrected chi connectivity index (χ2v) is 9.26. The zero-order valence-electron chi connectivity index (χ0n) is 21.8. The second-order valence-electron chi connectivity index (χ2n) is 9.26. The first-order valence-electron chi connectivity index (χ1n) is 12.6. The molecule has 2 aromatic heterocycles. The molecule has 40 heavy (non-hydrogen) atoms. The number of hydrogen-bond acceptors (Lipinski definition) is 5. The summed E-state index contributed by atoms with van der Waals surface area (Å²) in [5.74, 6) is -1.48. The number of halogens is 2. The number of aromatic amines is 1. The van der Waals surface area contributed by atoms with Gasteiger partial charge in [-0.25, -0.2) is 18.7 Å². The molecule has 10 heteroatoms. The molecule has 0 bridgehead atoms.